The number of hydrogen-bond donors (Lipinski definition) is 2. The summed E-state index contributed by atoms with van der Waals surface area (Å²) in [4.78, 5) is 19.7. The van der Waals surface area contributed by atoms with Gasteiger partial charge in [0.25, 0.3) is 0 Å². The van der Waals surface area contributed by atoms with Gasteiger partial charge in [-0.05, 0) is 18.8 Å². The van der Waals surface area contributed by atoms with Crippen molar-refractivity contribution in [2.45, 2.75) is 38.6 Å². The number of nitrogens with zero attached hydrogens (tertiary/aromatic N) is 2. The molecule has 18 heavy (non-hydrogen) atoms. The zero-order valence-corrected chi connectivity index (χ0v) is 11.3. The van der Waals surface area contributed by atoms with Gasteiger partial charge in [-0.3, -0.25) is 4.79 Å². The van der Waals surface area contributed by atoms with Crippen LogP contribution in [0.25, 0.3) is 0 Å². The number of carbonyl (C=O) groups excluding carboxylic acids is 1. The van der Waals surface area contributed by atoms with Crippen molar-refractivity contribution < 1.29 is 4.79 Å². The summed E-state index contributed by atoms with van der Waals surface area (Å²) in [5.41, 5.74) is 0.846. The molecule has 0 aromatic carbocycles. The molecule has 1 aromatic heterocycles. The molecule has 0 saturated heterocycles. The van der Waals surface area contributed by atoms with Crippen molar-refractivity contribution in [3.05, 3.63) is 17.0 Å². The molecule has 1 aliphatic carbocycles. The lowest BCUT2D eigenvalue weighted by Gasteiger charge is -2.14. The van der Waals surface area contributed by atoms with Crippen molar-refractivity contribution in [3.8, 4) is 0 Å². The quantitative estimate of drug-likeness (QED) is 0.801. The van der Waals surface area contributed by atoms with E-state index in [1.165, 1.54) is 6.33 Å². The third-order valence-corrected chi connectivity index (χ3v) is 3.07. The standard InChI is InChI=1S/C12H17ClN4O/c1-7(2)10-11(13)15-6-16-12(10)14-5-9(18)17-8-3-4-8/h6-8H,3-5H2,1-2H3,(H,17,18)(H,14,15,16). The normalized spacial score (nSPS) is 14.7. The summed E-state index contributed by atoms with van der Waals surface area (Å²) in [5.74, 6) is 0.825. The van der Waals surface area contributed by atoms with E-state index in [-0.39, 0.29) is 18.4 Å². The minimum Gasteiger partial charge on any atom is -0.361 e. The first-order valence-electron chi connectivity index (χ1n) is 6.11. The Labute approximate surface area is 111 Å². The fourth-order valence-electron chi connectivity index (χ4n) is 1.70. The summed E-state index contributed by atoms with van der Waals surface area (Å²) >= 11 is 6.04. The number of hydrogen-bond acceptors (Lipinski definition) is 4. The molecular weight excluding hydrogens is 252 g/mol. The Balaban J connectivity index is 1.99. The van der Waals surface area contributed by atoms with E-state index in [1.807, 2.05) is 13.8 Å². The van der Waals surface area contributed by atoms with Gasteiger partial charge in [-0.15, -0.1) is 0 Å². The van der Waals surface area contributed by atoms with E-state index < -0.39 is 0 Å². The van der Waals surface area contributed by atoms with E-state index in [4.69, 9.17) is 11.6 Å². The molecule has 1 heterocycles. The molecular formula is C12H17ClN4O. The molecule has 0 atom stereocenters. The van der Waals surface area contributed by atoms with Gasteiger partial charge in [0, 0.05) is 11.6 Å². The molecule has 2 N–H and O–H groups in total. The van der Waals surface area contributed by atoms with Crippen molar-refractivity contribution in [1.82, 2.24) is 15.3 Å². The Kier molecular flexibility index (Phi) is 4.01. The fraction of sp³-hybridized carbons (Fsp3) is 0.583. The van der Waals surface area contributed by atoms with E-state index in [0.717, 1.165) is 18.4 Å². The Hall–Kier alpha value is -1.36. The lowest BCUT2D eigenvalue weighted by atomic mass is 10.1. The van der Waals surface area contributed by atoms with Crippen LogP contribution in [0.5, 0.6) is 0 Å². The highest BCUT2D eigenvalue weighted by Gasteiger charge is 2.23. The molecule has 1 aliphatic rings. The largest absolute Gasteiger partial charge is 0.361 e. The number of carbonyl (C=O) groups is 1. The average Bonchev–Trinajstić information content (AvgIpc) is 3.09. The maximum Gasteiger partial charge on any atom is 0.239 e. The van der Waals surface area contributed by atoms with Gasteiger partial charge in [0.05, 0.1) is 6.54 Å². The van der Waals surface area contributed by atoms with Gasteiger partial charge < -0.3 is 10.6 Å². The lowest BCUT2D eigenvalue weighted by molar-refractivity contribution is -0.119. The molecule has 1 amide bonds. The number of anilines is 1. The first-order valence-corrected chi connectivity index (χ1v) is 6.49. The summed E-state index contributed by atoms with van der Waals surface area (Å²) in [6, 6.07) is 0.373. The van der Waals surface area contributed by atoms with E-state index >= 15 is 0 Å². The monoisotopic (exact) mass is 268 g/mol. The van der Waals surface area contributed by atoms with Crippen molar-refractivity contribution in [1.29, 1.82) is 0 Å². The molecule has 5 nitrogen and oxygen atoms in total. The Morgan fingerprint density at radius 1 is 1.50 bits per heavy atom. The van der Waals surface area contributed by atoms with Crippen LogP contribution in [0.15, 0.2) is 6.33 Å². The topological polar surface area (TPSA) is 66.9 Å². The molecule has 0 radical (unpaired) electrons. The predicted molar refractivity (Wildman–Crippen MR) is 70.8 cm³/mol. The molecule has 6 heteroatoms. The Morgan fingerprint density at radius 3 is 2.83 bits per heavy atom. The summed E-state index contributed by atoms with van der Waals surface area (Å²) in [6.45, 7) is 4.24. The van der Waals surface area contributed by atoms with Crippen LogP contribution in [0.4, 0.5) is 5.82 Å². The average molecular weight is 269 g/mol. The van der Waals surface area contributed by atoms with Gasteiger partial charge >= 0.3 is 0 Å². The molecule has 1 saturated carbocycles. The van der Waals surface area contributed by atoms with Crippen molar-refractivity contribution in [2.24, 2.45) is 0 Å². The lowest BCUT2D eigenvalue weighted by Crippen LogP contribution is -2.31. The van der Waals surface area contributed by atoms with Crippen LogP contribution in [0.2, 0.25) is 5.15 Å². The summed E-state index contributed by atoms with van der Waals surface area (Å²) in [5, 5.41) is 6.37. The summed E-state index contributed by atoms with van der Waals surface area (Å²) < 4.78 is 0. The van der Waals surface area contributed by atoms with Gasteiger partial charge in [0.15, 0.2) is 0 Å². The van der Waals surface area contributed by atoms with E-state index in [1.54, 1.807) is 0 Å². The Morgan fingerprint density at radius 2 is 2.22 bits per heavy atom. The number of halogens is 1. The highest BCUT2D eigenvalue weighted by molar-refractivity contribution is 6.30. The number of aromatic nitrogens is 2. The predicted octanol–water partition coefficient (Wildman–Crippen LogP) is 1.94. The van der Waals surface area contributed by atoms with E-state index in [9.17, 15) is 4.79 Å². The van der Waals surface area contributed by atoms with Crippen LogP contribution in [0, 0.1) is 0 Å². The highest BCUT2D eigenvalue weighted by Crippen LogP contribution is 2.27. The third kappa shape index (κ3) is 3.32. The second-order valence-corrected chi connectivity index (χ2v) is 5.13. The second-order valence-electron chi connectivity index (χ2n) is 4.78. The summed E-state index contributed by atoms with van der Waals surface area (Å²) in [6.07, 6.45) is 3.57. The van der Waals surface area contributed by atoms with Gasteiger partial charge in [-0.1, -0.05) is 25.4 Å². The van der Waals surface area contributed by atoms with E-state index in [0.29, 0.717) is 17.0 Å². The maximum atomic E-state index is 11.6. The SMILES string of the molecule is CC(C)c1c(Cl)ncnc1NCC(=O)NC1CC1. The molecule has 0 spiro atoms. The van der Waals surface area contributed by atoms with E-state index in [2.05, 4.69) is 20.6 Å². The second kappa shape index (κ2) is 5.52. The molecule has 0 bridgehead atoms. The van der Waals surface area contributed by atoms with Gasteiger partial charge in [0.1, 0.15) is 17.3 Å². The maximum absolute atomic E-state index is 11.6. The highest BCUT2D eigenvalue weighted by atomic mass is 35.5. The van der Waals surface area contributed by atoms with Crippen LogP contribution in [0.1, 0.15) is 38.2 Å². The number of rotatable bonds is 5. The first-order chi connectivity index (χ1) is 8.58. The van der Waals surface area contributed by atoms with Gasteiger partial charge in [0.2, 0.25) is 5.91 Å². The zero-order chi connectivity index (χ0) is 13.1. The molecule has 2 rings (SSSR count). The molecule has 0 aliphatic heterocycles. The molecule has 1 aromatic rings. The minimum absolute atomic E-state index is 0.0121. The summed E-state index contributed by atoms with van der Waals surface area (Å²) in [7, 11) is 0. The molecule has 98 valence electrons. The smallest absolute Gasteiger partial charge is 0.239 e. The number of amides is 1. The molecule has 1 fully saturated rings. The zero-order valence-electron chi connectivity index (χ0n) is 10.5. The van der Waals surface area contributed by atoms with Crippen molar-refractivity contribution in [3.63, 3.8) is 0 Å². The van der Waals surface area contributed by atoms with Crippen molar-refractivity contribution in [2.75, 3.05) is 11.9 Å². The third-order valence-electron chi connectivity index (χ3n) is 2.77. The van der Waals surface area contributed by atoms with Crippen molar-refractivity contribution >= 4 is 23.3 Å². The van der Waals surface area contributed by atoms with Gasteiger partial charge in [-0.25, -0.2) is 9.97 Å². The Bertz CT molecular complexity index is 446. The number of nitrogens with one attached hydrogen (secondary N) is 2. The first kappa shape index (κ1) is 13.1. The van der Waals surface area contributed by atoms with Crippen LogP contribution < -0.4 is 10.6 Å². The van der Waals surface area contributed by atoms with Crippen LogP contribution >= 0.6 is 11.6 Å². The van der Waals surface area contributed by atoms with Crippen LogP contribution in [0.3, 0.4) is 0 Å². The van der Waals surface area contributed by atoms with Crippen LogP contribution in [-0.2, 0) is 4.79 Å². The molecule has 0 unspecified atom stereocenters. The van der Waals surface area contributed by atoms with Gasteiger partial charge in [-0.2, -0.15) is 0 Å². The minimum atomic E-state index is -0.0121. The van der Waals surface area contributed by atoms with Crippen LogP contribution in [-0.4, -0.2) is 28.5 Å². The fourth-order valence-corrected chi connectivity index (χ4v) is 2.05.